The molecule has 0 fully saturated rings. The number of hydrogen-bond acceptors (Lipinski definition) is 1. The van der Waals surface area contributed by atoms with E-state index in [-0.39, 0.29) is 5.41 Å². The van der Waals surface area contributed by atoms with Crippen LogP contribution in [-0.2, 0) is 11.8 Å². The van der Waals surface area contributed by atoms with Gasteiger partial charge in [0.25, 0.3) is 0 Å². The summed E-state index contributed by atoms with van der Waals surface area (Å²) in [5, 5.41) is 0. The zero-order valence-electron chi connectivity index (χ0n) is 10.9. The summed E-state index contributed by atoms with van der Waals surface area (Å²) in [7, 11) is 0. The Hall–Kier alpha value is -1.76. The van der Waals surface area contributed by atoms with Gasteiger partial charge >= 0.3 is 0 Å². The third-order valence-corrected chi connectivity index (χ3v) is 3.93. The number of benzene rings is 2. The molecule has 2 aromatic carbocycles. The predicted molar refractivity (Wildman–Crippen MR) is 74.2 cm³/mol. The molecule has 1 nitrogen and oxygen atoms in total. The molecule has 0 spiro atoms. The van der Waals surface area contributed by atoms with Crippen molar-refractivity contribution in [2.75, 3.05) is 6.61 Å². The molecule has 0 amide bonds. The summed E-state index contributed by atoms with van der Waals surface area (Å²) >= 11 is 0. The Morgan fingerprint density at radius 3 is 2.61 bits per heavy atom. The maximum atomic E-state index is 5.83. The molecule has 1 atom stereocenters. The topological polar surface area (TPSA) is 9.23 Å². The summed E-state index contributed by atoms with van der Waals surface area (Å²) in [6, 6.07) is 17.0. The smallest absolute Gasteiger partial charge is 0.123 e. The van der Waals surface area contributed by atoms with E-state index in [0.717, 1.165) is 18.8 Å². The first-order chi connectivity index (χ1) is 8.69. The van der Waals surface area contributed by atoms with Gasteiger partial charge in [0.1, 0.15) is 5.75 Å². The Kier molecular flexibility index (Phi) is 2.62. The van der Waals surface area contributed by atoms with Crippen molar-refractivity contribution in [3.8, 4) is 5.75 Å². The quantitative estimate of drug-likeness (QED) is 0.771. The summed E-state index contributed by atoms with van der Waals surface area (Å²) in [4.78, 5) is 0. The van der Waals surface area contributed by atoms with Gasteiger partial charge in [0.15, 0.2) is 0 Å². The van der Waals surface area contributed by atoms with Gasteiger partial charge in [-0.2, -0.15) is 0 Å². The standard InChI is InChI=1S/C17H18O/c1-13-7-3-4-8-14(13)11-17(2)12-18-16-10-6-5-9-15(16)17/h3-10H,11-12H2,1-2H3/t17-/m1/s1. The van der Waals surface area contributed by atoms with Crippen LogP contribution in [0, 0.1) is 6.92 Å². The van der Waals surface area contributed by atoms with Crippen molar-refractivity contribution in [2.45, 2.75) is 25.7 Å². The molecule has 0 saturated heterocycles. The minimum atomic E-state index is 0.0999. The molecule has 92 valence electrons. The highest BCUT2D eigenvalue weighted by atomic mass is 16.5. The van der Waals surface area contributed by atoms with E-state index < -0.39 is 0 Å². The maximum Gasteiger partial charge on any atom is 0.123 e. The van der Waals surface area contributed by atoms with Crippen LogP contribution in [0.2, 0.25) is 0 Å². The Morgan fingerprint density at radius 2 is 1.78 bits per heavy atom. The van der Waals surface area contributed by atoms with E-state index in [0.29, 0.717) is 0 Å². The first-order valence-corrected chi connectivity index (χ1v) is 6.46. The lowest BCUT2D eigenvalue weighted by Crippen LogP contribution is -2.27. The molecule has 0 bridgehead atoms. The molecule has 0 radical (unpaired) electrons. The zero-order chi connectivity index (χ0) is 12.6. The van der Waals surface area contributed by atoms with Gasteiger partial charge in [0.2, 0.25) is 0 Å². The minimum Gasteiger partial charge on any atom is -0.492 e. The van der Waals surface area contributed by atoms with Gasteiger partial charge in [-0.25, -0.2) is 0 Å². The average Bonchev–Trinajstić information content (AvgIpc) is 2.71. The molecular formula is C17H18O. The number of hydrogen-bond donors (Lipinski definition) is 0. The molecular weight excluding hydrogens is 220 g/mol. The molecule has 1 heteroatoms. The summed E-state index contributed by atoms with van der Waals surface area (Å²) < 4.78 is 5.83. The van der Waals surface area contributed by atoms with Gasteiger partial charge in [-0.1, -0.05) is 49.4 Å². The van der Waals surface area contributed by atoms with Crippen LogP contribution >= 0.6 is 0 Å². The van der Waals surface area contributed by atoms with E-state index in [1.54, 1.807) is 0 Å². The fourth-order valence-corrected chi connectivity index (χ4v) is 2.78. The van der Waals surface area contributed by atoms with E-state index in [1.165, 1.54) is 16.7 Å². The van der Waals surface area contributed by atoms with E-state index in [4.69, 9.17) is 4.74 Å². The van der Waals surface area contributed by atoms with Crippen molar-refractivity contribution in [3.63, 3.8) is 0 Å². The van der Waals surface area contributed by atoms with Crippen LogP contribution < -0.4 is 4.74 Å². The van der Waals surface area contributed by atoms with Crippen molar-refractivity contribution in [1.29, 1.82) is 0 Å². The first kappa shape index (κ1) is 11.3. The number of aryl methyl sites for hydroxylation is 1. The molecule has 0 N–H and O–H groups in total. The van der Waals surface area contributed by atoms with E-state index >= 15 is 0 Å². The molecule has 1 heterocycles. The number of rotatable bonds is 2. The van der Waals surface area contributed by atoms with Crippen LogP contribution in [0.25, 0.3) is 0 Å². The highest BCUT2D eigenvalue weighted by Crippen LogP contribution is 2.40. The Bertz CT molecular complexity index is 573. The summed E-state index contributed by atoms with van der Waals surface area (Å²) in [5.41, 5.74) is 4.22. The zero-order valence-corrected chi connectivity index (χ0v) is 10.9. The third kappa shape index (κ3) is 1.80. The van der Waals surface area contributed by atoms with Gasteiger partial charge in [-0.3, -0.25) is 0 Å². The van der Waals surface area contributed by atoms with Crippen LogP contribution in [-0.4, -0.2) is 6.61 Å². The van der Waals surface area contributed by atoms with Crippen molar-refractivity contribution in [3.05, 3.63) is 65.2 Å². The van der Waals surface area contributed by atoms with Crippen LogP contribution in [0.4, 0.5) is 0 Å². The second-order valence-corrected chi connectivity index (χ2v) is 5.45. The van der Waals surface area contributed by atoms with Crippen LogP contribution in [0.15, 0.2) is 48.5 Å². The molecule has 3 rings (SSSR count). The average molecular weight is 238 g/mol. The van der Waals surface area contributed by atoms with Crippen molar-refractivity contribution >= 4 is 0 Å². The van der Waals surface area contributed by atoms with Crippen molar-refractivity contribution < 1.29 is 4.74 Å². The third-order valence-electron chi connectivity index (χ3n) is 3.93. The molecule has 0 aromatic heterocycles. The van der Waals surface area contributed by atoms with Crippen molar-refractivity contribution in [1.82, 2.24) is 0 Å². The number of fused-ring (bicyclic) bond motifs is 1. The maximum absolute atomic E-state index is 5.83. The molecule has 18 heavy (non-hydrogen) atoms. The Morgan fingerprint density at radius 1 is 1.06 bits per heavy atom. The van der Waals surface area contributed by atoms with Gasteiger partial charge in [-0.05, 0) is 30.5 Å². The van der Waals surface area contributed by atoms with Gasteiger partial charge in [0, 0.05) is 11.0 Å². The fraction of sp³-hybridized carbons (Fsp3) is 0.294. The molecule has 1 aliphatic heterocycles. The number of para-hydroxylation sites is 1. The molecule has 0 saturated carbocycles. The lowest BCUT2D eigenvalue weighted by molar-refractivity contribution is 0.276. The number of ether oxygens (including phenoxy) is 1. The second kappa shape index (κ2) is 4.16. The fourth-order valence-electron chi connectivity index (χ4n) is 2.78. The summed E-state index contributed by atoms with van der Waals surface area (Å²) in [6.07, 6.45) is 1.04. The molecule has 0 unspecified atom stereocenters. The van der Waals surface area contributed by atoms with Gasteiger partial charge in [0.05, 0.1) is 6.61 Å². The molecule has 1 aliphatic rings. The Labute approximate surface area is 108 Å². The highest BCUT2D eigenvalue weighted by molar-refractivity contribution is 5.44. The van der Waals surface area contributed by atoms with E-state index in [1.807, 2.05) is 6.07 Å². The summed E-state index contributed by atoms with van der Waals surface area (Å²) in [6.45, 7) is 5.26. The van der Waals surface area contributed by atoms with E-state index in [9.17, 15) is 0 Å². The van der Waals surface area contributed by atoms with Crippen LogP contribution in [0.5, 0.6) is 5.75 Å². The van der Waals surface area contributed by atoms with Crippen LogP contribution in [0.1, 0.15) is 23.6 Å². The van der Waals surface area contributed by atoms with Gasteiger partial charge < -0.3 is 4.74 Å². The highest BCUT2D eigenvalue weighted by Gasteiger charge is 2.36. The lowest BCUT2D eigenvalue weighted by atomic mass is 9.78. The first-order valence-electron chi connectivity index (χ1n) is 6.46. The lowest BCUT2D eigenvalue weighted by Gasteiger charge is -2.23. The monoisotopic (exact) mass is 238 g/mol. The van der Waals surface area contributed by atoms with Crippen LogP contribution in [0.3, 0.4) is 0 Å². The second-order valence-electron chi connectivity index (χ2n) is 5.45. The predicted octanol–water partition coefficient (Wildman–Crippen LogP) is 3.89. The minimum absolute atomic E-state index is 0.0999. The van der Waals surface area contributed by atoms with E-state index in [2.05, 4.69) is 56.3 Å². The SMILES string of the molecule is Cc1ccccc1C[C@]1(C)COc2ccccc21. The largest absolute Gasteiger partial charge is 0.492 e. The molecule has 0 aliphatic carbocycles. The normalized spacial score (nSPS) is 21.4. The Balaban J connectivity index is 1.96. The van der Waals surface area contributed by atoms with Gasteiger partial charge in [-0.15, -0.1) is 0 Å². The molecule has 2 aromatic rings. The van der Waals surface area contributed by atoms with Crippen molar-refractivity contribution in [2.24, 2.45) is 0 Å². The summed E-state index contributed by atoms with van der Waals surface area (Å²) in [5.74, 6) is 1.05.